The first kappa shape index (κ1) is 11.8. The van der Waals surface area contributed by atoms with Crippen molar-refractivity contribution < 1.29 is 14.3 Å². The van der Waals surface area contributed by atoms with Crippen LogP contribution >= 0.6 is 0 Å². The van der Waals surface area contributed by atoms with Crippen LogP contribution in [0.5, 0.6) is 0 Å². The molecule has 0 aliphatic heterocycles. The summed E-state index contributed by atoms with van der Waals surface area (Å²) in [4.78, 5) is 11.5. The number of nitrogens with zero attached hydrogens (tertiary/aromatic N) is 1. The van der Waals surface area contributed by atoms with E-state index in [-0.39, 0.29) is 12.1 Å². The molecule has 0 spiro atoms. The van der Waals surface area contributed by atoms with E-state index in [4.69, 9.17) is 9.47 Å². The molecule has 0 fully saturated rings. The summed E-state index contributed by atoms with van der Waals surface area (Å²) in [6, 6.07) is 3.58. The summed E-state index contributed by atoms with van der Waals surface area (Å²) >= 11 is 0. The van der Waals surface area contributed by atoms with Crippen LogP contribution in [0.25, 0.3) is 0 Å². The number of ether oxygens (including phenoxy) is 2. The molecule has 15 heavy (non-hydrogen) atoms. The van der Waals surface area contributed by atoms with Crippen LogP contribution in [-0.2, 0) is 16.0 Å². The Morgan fingerprint density at radius 2 is 2.33 bits per heavy atom. The fourth-order valence-electron chi connectivity index (χ4n) is 1.32. The SMILES string of the molecule is CCOC(=O)c1cccn1CC(C)OC. The number of esters is 1. The second-order valence-electron chi connectivity index (χ2n) is 3.31. The fourth-order valence-corrected chi connectivity index (χ4v) is 1.32. The van der Waals surface area contributed by atoms with Gasteiger partial charge in [0.2, 0.25) is 0 Å². The van der Waals surface area contributed by atoms with Crippen molar-refractivity contribution >= 4 is 5.97 Å². The van der Waals surface area contributed by atoms with Crippen LogP contribution in [0.2, 0.25) is 0 Å². The van der Waals surface area contributed by atoms with Crippen LogP contribution in [0.15, 0.2) is 18.3 Å². The summed E-state index contributed by atoms with van der Waals surface area (Å²) < 4.78 is 11.9. The van der Waals surface area contributed by atoms with Gasteiger partial charge in [0.1, 0.15) is 5.69 Å². The molecule has 0 bridgehead atoms. The van der Waals surface area contributed by atoms with E-state index in [0.29, 0.717) is 18.8 Å². The number of hydrogen-bond acceptors (Lipinski definition) is 3. The molecule has 0 aliphatic rings. The molecule has 1 unspecified atom stereocenters. The lowest BCUT2D eigenvalue weighted by Crippen LogP contribution is -2.19. The Hall–Kier alpha value is -1.29. The number of carbonyl (C=O) groups excluding carboxylic acids is 1. The topological polar surface area (TPSA) is 40.5 Å². The maximum Gasteiger partial charge on any atom is 0.354 e. The molecular weight excluding hydrogens is 194 g/mol. The van der Waals surface area contributed by atoms with Gasteiger partial charge in [-0.15, -0.1) is 0 Å². The van der Waals surface area contributed by atoms with Crippen LogP contribution < -0.4 is 0 Å². The van der Waals surface area contributed by atoms with E-state index in [1.165, 1.54) is 0 Å². The summed E-state index contributed by atoms with van der Waals surface area (Å²) in [5.74, 6) is -0.286. The molecule has 0 amide bonds. The molecule has 1 atom stereocenters. The maximum absolute atomic E-state index is 11.5. The molecule has 1 aromatic heterocycles. The number of methoxy groups -OCH3 is 1. The zero-order valence-corrected chi connectivity index (χ0v) is 9.40. The zero-order chi connectivity index (χ0) is 11.3. The largest absolute Gasteiger partial charge is 0.461 e. The number of aromatic nitrogens is 1. The second kappa shape index (κ2) is 5.56. The molecule has 0 saturated carbocycles. The lowest BCUT2D eigenvalue weighted by molar-refractivity contribution is 0.0505. The fraction of sp³-hybridized carbons (Fsp3) is 0.545. The molecule has 0 aliphatic carbocycles. The van der Waals surface area contributed by atoms with E-state index < -0.39 is 0 Å². The Kier molecular flexibility index (Phi) is 4.37. The van der Waals surface area contributed by atoms with Gasteiger partial charge < -0.3 is 14.0 Å². The van der Waals surface area contributed by atoms with Crippen molar-refractivity contribution in [1.82, 2.24) is 4.57 Å². The monoisotopic (exact) mass is 211 g/mol. The van der Waals surface area contributed by atoms with Gasteiger partial charge >= 0.3 is 5.97 Å². The average Bonchev–Trinajstić information content (AvgIpc) is 2.66. The van der Waals surface area contributed by atoms with Gasteiger partial charge in [0.05, 0.1) is 12.7 Å². The van der Waals surface area contributed by atoms with Gasteiger partial charge in [-0.1, -0.05) is 0 Å². The minimum absolute atomic E-state index is 0.0746. The van der Waals surface area contributed by atoms with Crippen LogP contribution in [0.3, 0.4) is 0 Å². The molecule has 0 aromatic carbocycles. The summed E-state index contributed by atoms with van der Waals surface area (Å²) in [6.45, 7) is 4.79. The quantitative estimate of drug-likeness (QED) is 0.696. The first-order valence-electron chi connectivity index (χ1n) is 5.04. The second-order valence-corrected chi connectivity index (χ2v) is 3.31. The minimum Gasteiger partial charge on any atom is -0.461 e. The van der Waals surface area contributed by atoms with Crippen molar-refractivity contribution in [1.29, 1.82) is 0 Å². The molecule has 4 heteroatoms. The smallest absolute Gasteiger partial charge is 0.354 e. The summed E-state index contributed by atoms with van der Waals surface area (Å²) in [5, 5.41) is 0. The van der Waals surface area contributed by atoms with E-state index in [1.807, 2.05) is 23.8 Å². The van der Waals surface area contributed by atoms with Crippen molar-refractivity contribution in [3.63, 3.8) is 0 Å². The molecule has 1 rings (SSSR count). The van der Waals surface area contributed by atoms with Crippen LogP contribution in [0, 0.1) is 0 Å². The molecule has 0 N–H and O–H groups in total. The third-order valence-electron chi connectivity index (χ3n) is 2.17. The molecule has 4 nitrogen and oxygen atoms in total. The van der Waals surface area contributed by atoms with E-state index in [0.717, 1.165) is 0 Å². The lowest BCUT2D eigenvalue weighted by atomic mass is 10.3. The van der Waals surface area contributed by atoms with E-state index in [2.05, 4.69) is 0 Å². The minimum atomic E-state index is -0.286. The standard InChI is InChI=1S/C11H17NO3/c1-4-15-11(13)10-6-5-7-12(10)8-9(2)14-3/h5-7,9H,4,8H2,1-3H3. The normalized spacial score (nSPS) is 12.5. The number of hydrogen-bond donors (Lipinski definition) is 0. The third kappa shape index (κ3) is 3.09. The van der Waals surface area contributed by atoms with Crippen LogP contribution in [-0.4, -0.2) is 30.4 Å². The van der Waals surface area contributed by atoms with Crippen LogP contribution in [0.4, 0.5) is 0 Å². The van der Waals surface area contributed by atoms with E-state index in [9.17, 15) is 4.79 Å². The summed E-state index contributed by atoms with van der Waals surface area (Å²) in [7, 11) is 1.65. The highest BCUT2D eigenvalue weighted by Gasteiger charge is 2.12. The van der Waals surface area contributed by atoms with Gasteiger partial charge in [-0.25, -0.2) is 4.79 Å². The van der Waals surface area contributed by atoms with Gasteiger partial charge in [0, 0.05) is 19.9 Å². The van der Waals surface area contributed by atoms with Gasteiger partial charge in [-0.2, -0.15) is 0 Å². The van der Waals surface area contributed by atoms with Gasteiger partial charge in [0.25, 0.3) is 0 Å². The Labute approximate surface area is 89.8 Å². The van der Waals surface area contributed by atoms with Gasteiger partial charge in [0.15, 0.2) is 0 Å². The molecular formula is C11H17NO3. The predicted octanol–water partition coefficient (Wildman–Crippen LogP) is 1.70. The van der Waals surface area contributed by atoms with Crippen molar-refractivity contribution in [3.05, 3.63) is 24.0 Å². The zero-order valence-electron chi connectivity index (χ0n) is 9.40. The highest BCUT2D eigenvalue weighted by molar-refractivity contribution is 5.87. The highest BCUT2D eigenvalue weighted by Crippen LogP contribution is 2.06. The van der Waals surface area contributed by atoms with Crippen molar-refractivity contribution in [2.24, 2.45) is 0 Å². The van der Waals surface area contributed by atoms with Crippen LogP contribution in [0.1, 0.15) is 24.3 Å². The number of carbonyl (C=O) groups is 1. The Morgan fingerprint density at radius 1 is 1.60 bits per heavy atom. The summed E-state index contributed by atoms with van der Waals surface area (Å²) in [5.41, 5.74) is 0.570. The molecule has 84 valence electrons. The van der Waals surface area contributed by atoms with Crippen molar-refractivity contribution in [2.45, 2.75) is 26.5 Å². The molecule has 1 aromatic rings. The van der Waals surface area contributed by atoms with Gasteiger partial charge in [-0.3, -0.25) is 0 Å². The average molecular weight is 211 g/mol. The van der Waals surface area contributed by atoms with Crippen molar-refractivity contribution in [2.75, 3.05) is 13.7 Å². The Bertz CT molecular complexity index is 319. The molecule has 0 saturated heterocycles. The summed E-state index contributed by atoms with van der Waals surface area (Å²) in [6.07, 6.45) is 1.92. The predicted molar refractivity (Wildman–Crippen MR) is 56.9 cm³/mol. The lowest BCUT2D eigenvalue weighted by Gasteiger charge is -2.13. The Balaban J connectivity index is 2.73. The molecule has 0 radical (unpaired) electrons. The number of rotatable bonds is 5. The van der Waals surface area contributed by atoms with E-state index in [1.54, 1.807) is 20.1 Å². The first-order chi connectivity index (χ1) is 7.19. The highest BCUT2D eigenvalue weighted by atomic mass is 16.5. The Morgan fingerprint density at radius 3 is 2.93 bits per heavy atom. The van der Waals surface area contributed by atoms with E-state index >= 15 is 0 Å². The van der Waals surface area contributed by atoms with Crippen molar-refractivity contribution in [3.8, 4) is 0 Å². The maximum atomic E-state index is 11.5. The third-order valence-corrected chi connectivity index (χ3v) is 2.17. The molecule has 1 heterocycles. The van der Waals surface area contributed by atoms with Gasteiger partial charge in [-0.05, 0) is 26.0 Å². The first-order valence-corrected chi connectivity index (χ1v) is 5.04.